The van der Waals surface area contributed by atoms with Crippen molar-refractivity contribution in [3.63, 3.8) is 0 Å². The van der Waals surface area contributed by atoms with Gasteiger partial charge in [0, 0.05) is 12.1 Å². The van der Waals surface area contributed by atoms with Gasteiger partial charge in [0.05, 0.1) is 13.7 Å². The predicted octanol–water partition coefficient (Wildman–Crippen LogP) is 0.853. The molecule has 0 saturated carbocycles. The second kappa shape index (κ2) is 6.16. The first-order valence-electron chi connectivity index (χ1n) is 4.73. The maximum atomic E-state index is 11.6. The summed E-state index contributed by atoms with van der Waals surface area (Å²) in [4.78, 5) is 11.6. The first-order chi connectivity index (χ1) is 7.27. The lowest BCUT2D eigenvalue weighted by Gasteiger charge is -2.04. The molecule has 0 aliphatic rings. The molecule has 0 heterocycles. The number of Topliss-reactive ketones (excluding diaryl/α,β-unsaturated/α-hetero) is 1. The van der Waals surface area contributed by atoms with Gasteiger partial charge >= 0.3 is 0 Å². The van der Waals surface area contributed by atoms with Gasteiger partial charge in [-0.25, -0.2) is 0 Å². The molecule has 1 rings (SSSR count). The minimum Gasteiger partial charge on any atom is -0.497 e. The second-order valence-electron chi connectivity index (χ2n) is 3.00. The fourth-order valence-corrected chi connectivity index (χ4v) is 1.13. The molecule has 0 aliphatic carbocycles. The van der Waals surface area contributed by atoms with Crippen LogP contribution in [-0.4, -0.2) is 32.7 Å². The molecule has 0 aromatic heterocycles. The molecule has 0 fully saturated rings. The summed E-state index contributed by atoms with van der Waals surface area (Å²) >= 11 is 0. The van der Waals surface area contributed by atoms with E-state index in [1.807, 2.05) is 0 Å². The van der Waals surface area contributed by atoms with Crippen molar-refractivity contribution >= 4 is 5.78 Å². The number of ether oxygens (including phenoxy) is 2. The summed E-state index contributed by atoms with van der Waals surface area (Å²) in [5.74, 6) is 0.599. The lowest BCUT2D eigenvalue weighted by atomic mass is 10.1. The quantitative estimate of drug-likeness (QED) is 0.557. The monoisotopic (exact) mass is 209 g/mol. The Kier molecular flexibility index (Phi) is 4.80. The maximum absolute atomic E-state index is 11.6. The van der Waals surface area contributed by atoms with Gasteiger partial charge in [0.25, 0.3) is 0 Å². The molecular weight excluding hydrogens is 194 g/mol. The minimum atomic E-state index is -0.0673. The zero-order chi connectivity index (χ0) is 11.1. The van der Waals surface area contributed by atoms with Gasteiger partial charge in [-0.15, -0.1) is 0 Å². The molecule has 0 spiro atoms. The molecule has 4 heteroatoms. The smallest absolute Gasteiger partial charge is 0.188 e. The summed E-state index contributed by atoms with van der Waals surface area (Å²) in [5.41, 5.74) is 5.83. The number of carbonyl (C=O) groups excluding carboxylic acids is 1. The summed E-state index contributed by atoms with van der Waals surface area (Å²) in [6.45, 7) is 0.880. The van der Waals surface area contributed by atoms with E-state index in [-0.39, 0.29) is 12.4 Å². The van der Waals surface area contributed by atoms with Crippen molar-refractivity contribution in [2.75, 3.05) is 26.9 Å². The first-order valence-corrected chi connectivity index (χ1v) is 4.73. The average Bonchev–Trinajstić information content (AvgIpc) is 2.29. The molecule has 0 saturated heterocycles. The SMILES string of the molecule is COc1cccc(C(=O)COCCN)c1. The molecule has 0 amide bonds. The van der Waals surface area contributed by atoms with Crippen molar-refractivity contribution in [1.29, 1.82) is 0 Å². The van der Waals surface area contributed by atoms with Crippen molar-refractivity contribution in [2.24, 2.45) is 5.73 Å². The van der Waals surface area contributed by atoms with Crippen LogP contribution in [0.1, 0.15) is 10.4 Å². The number of benzene rings is 1. The average molecular weight is 209 g/mol. The van der Waals surface area contributed by atoms with E-state index in [1.54, 1.807) is 31.4 Å². The lowest BCUT2D eigenvalue weighted by Crippen LogP contribution is -2.14. The number of ketones is 1. The molecule has 0 unspecified atom stereocenters. The van der Waals surface area contributed by atoms with Gasteiger partial charge in [0.15, 0.2) is 5.78 Å². The summed E-state index contributed by atoms with van der Waals surface area (Å²) in [7, 11) is 1.56. The molecule has 2 N–H and O–H groups in total. The van der Waals surface area contributed by atoms with Gasteiger partial charge in [-0.3, -0.25) is 4.79 Å². The third-order valence-electron chi connectivity index (χ3n) is 1.89. The van der Waals surface area contributed by atoms with Crippen LogP contribution in [0.2, 0.25) is 0 Å². The van der Waals surface area contributed by atoms with Gasteiger partial charge in [-0.05, 0) is 12.1 Å². The second-order valence-corrected chi connectivity index (χ2v) is 3.00. The van der Waals surface area contributed by atoms with Crippen molar-refractivity contribution in [3.05, 3.63) is 29.8 Å². The normalized spacial score (nSPS) is 10.0. The predicted molar refractivity (Wildman–Crippen MR) is 57.2 cm³/mol. The highest BCUT2D eigenvalue weighted by molar-refractivity contribution is 5.97. The Labute approximate surface area is 89.0 Å². The van der Waals surface area contributed by atoms with E-state index in [4.69, 9.17) is 15.2 Å². The number of nitrogens with two attached hydrogens (primary N) is 1. The largest absolute Gasteiger partial charge is 0.497 e. The van der Waals surface area contributed by atoms with Crippen molar-refractivity contribution in [1.82, 2.24) is 0 Å². The third kappa shape index (κ3) is 3.69. The van der Waals surface area contributed by atoms with Crippen LogP contribution in [0.4, 0.5) is 0 Å². The molecule has 0 aliphatic heterocycles. The Morgan fingerprint density at radius 3 is 2.93 bits per heavy atom. The van der Waals surface area contributed by atoms with Crippen LogP contribution >= 0.6 is 0 Å². The Bertz CT molecular complexity index is 325. The van der Waals surface area contributed by atoms with Crippen molar-refractivity contribution in [3.8, 4) is 5.75 Å². The zero-order valence-corrected chi connectivity index (χ0v) is 8.73. The number of hydrogen-bond acceptors (Lipinski definition) is 4. The highest BCUT2D eigenvalue weighted by atomic mass is 16.5. The standard InChI is InChI=1S/C11H15NO3/c1-14-10-4-2-3-9(7-10)11(13)8-15-6-5-12/h2-4,7H,5-6,8,12H2,1H3. The molecule has 1 aromatic rings. The van der Waals surface area contributed by atoms with Gasteiger partial charge < -0.3 is 15.2 Å². The Morgan fingerprint density at radius 2 is 2.27 bits per heavy atom. The van der Waals surface area contributed by atoms with E-state index < -0.39 is 0 Å². The first kappa shape index (κ1) is 11.7. The third-order valence-corrected chi connectivity index (χ3v) is 1.89. The molecule has 0 bridgehead atoms. The van der Waals surface area contributed by atoms with Crippen LogP contribution in [0, 0.1) is 0 Å². The zero-order valence-electron chi connectivity index (χ0n) is 8.73. The number of methoxy groups -OCH3 is 1. The van der Waals surface area contributed by atoms with Crippen LogP contribution in [0.3, 0.4) is 0 Å². The lowest BCUT2D eigenvalue weighted by molar-refractivity contribution is 0.0774. The van der Waals surface area contributed by atoms with Crippen LogP contribution in [0.25, 0.3) is 0 Å². The van der Waals surface area contributed by atoms with Gasteiger partial charge in [0.2, 0.25) is 0 Å². The molecule has 0 atom stereocenters. The van der Waals surface area contributed by atoms with E-state index in [0.717, 1.165) is 0 Å². The van der Waals surface area contributed by atoms with E-state index >= 15 is 0 Å². The van der Waals surface area contributed by atoms with Crippen LogP contribution in [-0.2, 0) is 4.74 Å². The fourth-order valence-electron chi connectivity index (χ4n) is 1.13. The van der Waals surface area contributed by atoms with Gasteiger partial charge in [0.1, 0.15) is 12.4 Å². The van der Waals surface area contributed by atoms with E-state index in [1.165, 1.54) is 0 Å². The highest BCUT2D eigenvalue weighted by Crippen LogP contribution is 2.12. The van der Waals surface area contributed by atoms with E-state index in [0.29, 0.717) is 24.5 Å². The van der Waals surface area contributed by atoms with Crippen LogP contribution in [0.15, 0.2) is 24.3 Å². The number of hydrogen-bond donors (Lipinski definition) is 1. The van der Waals surface area contributed by atoms with E-state index in [2.05, 4.69) is 0 Å². The summed E-state index contributed by atoms with van der Waals surface area (Å²) in [6.07, 6.45) is 0. The summed E-state index contributed by atoms with van der Waals surface area (Å²) < 4.78 is 10.1. The molecule has 4 nitrogen and oxygen atoms in total. The fraction of sp³-hybridized carbons (Fsp3) is 0.364. The summed E-state index contributed by atoms with van der Waals surface area (Å²) in [5, 5.41) is 0. The van der Waals surface area contributed by atoms with Gasteiger partial charge in [-0.1, -0.05) is 12.1 Å². The van der Waals surface area contributed by atoms with Gasteiger partial charge in [-0.2, -0.15) is 0 Å². The topological polar surface area (TPSA) is 61.5 Å². The van der Waals surface area contributed by atoms with Crippen LogP contribution in [0.5, 0.6) is 5.75 Å². The molecule has 15 heavy (non-hydrogen) atoms. The molecule has 1 aromatic carbocycles. The minimum absolute atomic E-state index is 0.0599. The maximum Gasteiger partial charge on any atom is 0.188 e. The molecular formula is C11H15NO3. The number of carbonyl (C=O) groups is 1. The highest BCUT2D eigenvalue weighted by Gasteiger charge is 2.06. The van der Waals surface area contributed by atoms with Crippen molar-refractivity contribution in [2.45, 2.75) is 0 Å². The van der Waals surface area contributed by atoms with Crippen LogP contribution < -0.4 is 10.5 Å². The molecule has 82 valence electrons. The summed E-state index contributed by atoms with van der Waals surface area (Å²) in [6, 6.07) is 6.98. The number of rotatable bonds is 6. The Morgan fingerprint density at radius 1 is 1.47 bits per heavy atom. The van der Waals surface area contributed by atoms with E-state index in [9.17, 15) is 4.79 Å². The molecule has 0 radical (unpaired) electrons. The van der Waals surface area contributed by atoms with Crippen molar-refractivity contribution < 1.29 is 14.3 Å². The Balaban J connectivity index is 2.57. The Hall–Kier alpha value is -1.39.